The molecular formula is C9H16N6. The van der Waals surface area contributed by atoms with Crippen molar-refractivity contribution < 1.29 is 0 Å². The van der Waals surface area contributed by atoms with E-state index >= 15 is 0 Å². The monoisotopic (exact) mass is 208 g/mol. The quantitative estimate of drug-likeness (QED) is 0.573. The fourth-order valence-electron chi connectivity index (χ4n) is 1.80. The Bertz CT molecular complexity index is 352. The standard InChI is InChI=1S/C9H16N6/c1-6-5-15(3-2-12-6)7-4-13-9(11)14-8(7)10/h4,6,12H,2-3,5H2,1H3,(H4,10,11,13,14). The Labute approximate surface area is 88.7 Å². The number of nitrogen functional groups attached to an aromatic ring is 2. The Hall–Kier alpha value is -1.56. The third-order valence-electron chi connectivity index (χ3n) is 2.53. The van der Waals surface area contributed by atoms with Crippen molar-refractivity contribution in [1.29, 1.82) is 0 Å². The van der Waals surface area contributed by atoms with Gasteiger partial charge in [0, 0.05) is 25.7 Å². The second-order valence-corrected chi connectivity index (χ2v) is 3.80. The molecule has 0 aromatic carbocycles. The molecule has 0 amide bonds. The number of piperazine rings is 1. The summed E-state index contributed by atoms with van der Waals surface area (Å²) >= 11 is 0. The zero-order valence-corrected chi connectivity index (χ0v) is 8.77. The highest BCUT2D eigenvalue weighted by atomic mass is 15.2. The predicted molar refractivity (Wildman–Crippen MR) is 60.5 cm³/mol. The Kier molecular flexibility index (Phi) is 2.59. The number of aromatic nitrogens is 2. The minimum atomic E-state index is 0.222. The molecule has 0 saturated carbocycles. The van der Waals surface area contributed by atoms with Crippen molar-refractivity contribution in [3.05, 3.63) is 6.20 Å². The number of hydrogen-bond donors (Lipinski definition) is 3. The summed E-state index contributed by atoms with van der Waals surface area (Å²) in [5.41, 5.74) is 12.1. The van der Waals surface area contributed by atoms with E-state index in [4.69, 9.17) is 11.5 Å². The molecule has 1 aromatic heterocycles. The minimum absolute atomic E-state index is 0.222. The van der Waals surface area contributed by atoms with Crippen LogP contribution in [0.3, 0.4) is 0 Å². The molecule has 2 rings (SSSR count). The summed E-state index contributed by atoms with van der Waals surface area (Å²) in [5.74, 6) is 0.677. The third kappa shape index (κ3) is 2.10. The summed E-state index contributed by atoms with van der Waals surface area (Å²) in [5, 5.41) is 3.36. The molecule has 1 saturated heterocycles. The second-order valence-electron chi connectivity index (χ2n) is 3.80. The lowest BCUT2D eigenvalue weighted by Crippen LogP contribution is -2.49. The van der Waals surface area contributed by atoms with E-state index in [-0.39, 0.29) is 5.95 Å². The SMILES string of the molecule is CC1CN(c2cnc(N)nc2N)CCN1. The van der Waals surface area contributed by atoms with Gasteiger partial charge in [0.2, 0.25) is 5.95 Å². The van der Waals surface area contributed by atoms with Crippen LogP contribution >= 0.6 is 0 Å². The van der Waals surface area contributed by atoms with Gasteiger partial charge in [-0.25, -0.2) is 4.98 Å². The molecule has 6 heteroatoms. The van der Waals surface area contributed by atoms with Gasteiger partial charge in [0.05, 0.1) is 11.9 Å². The van der Waals surface area contributed by atoms with Gasteiger partial charge in [-0.1, -0.05) is 0 Å². The highest BCUT2D eigenvalue weighted by molar-refractivity contribution is 5.63. The molecule has 1 unspecified atom stereocenters. The summed E-state index contributed by atoms with van der Waals surface area (Å²) < 4.78 is 0. The Morgan fingerprint density at radius 3 is 3.00 bits per heavy atom. The Balaban J connectivity index is 2.21. The molecule has 6 nitrogen and oxygen atoms in total. The van der Waals surface area contributed by atoms with Crippen LogP contribution in [-0.2, 0) is 0 Å². The number of anilines is 3. The second kappa shape index (κ2) is 3.90. The fourth-order valence-corrected chi connectivity index (χ4v) is 1.80. The first-order valence-electron chi connectivity index (χ1n) is 5.03. The zero-order valence-electron chi connectivity index (χ0n) is 8.77. The molecule has 15 heavy (non-hydrogen) atoms. The first kappa shape index (κ1) is 9.97. The molecule has 1 aromatic rings. The Morgan fingerprint density at radius 1 is 1.53 bits per heavy atom. The van der Waals surface area contributed by atoms with E-state index in [2.05, 4.69) is 27.1 Å². The van der Waals surface area contributed by atoms with Crippen molar-refractivity contribution in [2.75, 3.05) is 36.0 Å². The van der Waals surface area contributed by atoms with E-state index < -0.39 is 0 Å². The van der Waals surface area contributed by atoms with Crippen molar-refractivity contribution >= 4 is 17.5 Å². The van der Waals surface area contributed by atoms with E-state index in [1.165, 1.54) is 0 Å². The van der Waals surface area contributed by atoms with Gasteiger partial charge in [-0.3, -0.25) is 0 Å². The van der Waals surface area contributed by atoms with Crippen molar-refractivity contribution in [3.63, 3.8) is 0 Å². The van der Waals surface area contributed by atoms with E-state index in [1.54, 1.807) is 6.20 Å². The van der Waals surface area contributed by atoms with Crippen LogP contribution in [0.4, 0.5) is 17.5 Å². The molecule has 5 N–H and O–H groups in total. The molecule has 0 radical (unpaired) electrons. The predicted octanol–water partition coefficient (Wildman–Crippen LogP) is -0.561. The van der Waals surface area contributed by atoms with Gasteiger partial charge in [0.25, 0.3) is 0 Å². The van der Waals surface area contributed by atoms with Crippen LogP contribution in [0, 0.1) is 0 Å². The number of nitrogens with two attached hydrogens (primary N) is 2. The molecule has 1 atom stereocenters. The zero-order chi connectivity index (χ0) is 10.8. The topological polar surface area (TPSA) is 93.1 Å². The highest BCUT2D eigenvalue weighted by Crippen LogP contribution is 2.21. The molecular weight excluding hydrogens is 192 g/mol. The van der Waals surface area contributed by atoms with Crippen LogP contribution in [0.5, 0.6) is 0 Å². The summed E-state index contributed by atoms with van der Waals surface area (Å²) in [6.45, 7) is 4.92. The van der Waals surface area contributed by atoms with Gasteiger partial charge in [-0.05, 0) is 6.92 Å². The minimum Gasteiger partial charge on any atom is -0.382 e. The number of hydrogen-bond acceptors (Lipinski definition) is 6. The fraction of sp³-hybridized carbons (Fsp3) is 0.556. The number of nitrogens with zero attached hydrogens (tertiary/aromatic N) is 3. The smallest absolute Gasteiger partial charge is 0.222 e. The molecule has 0 aliphatic carbocycles. The maximum absolute atomic E-state index is 5.80. The molecule has 1 aliphatic rings. The molecule has 82 valence electrons. The normalized spacial score (nSPS) is 21.7. The van der Waals surface area contributed by atoms with E-state index in [0.717, 1.165) is 25.3 Å². The van der Waals surface area contributed by atoms with Gasteiger partial charge in [-0.2, -0.15) is 4.98 Å². The third-order valence-corrected chi connectivity index (χ3v) is 2.53. The van der Waals surface area contributed by atoms with E-state index in [0.29, 0.717) is 11.9 Å². The summed E-state index contributed by atoms with van der Waals surface area (Å²) in [4.78, 5) is 10.1. The maximum Gasteiger partial charge on any atom is 0.222 e. The molecule has 0 spiro atoms. The van der Waals surface area contributed by atoms with Crippen molar-refractivity contribution in [3.8, 4) is 0 Å². The number of nitrogens with one attached hydrogen (secondary N) is 1. The van der Waals surface area contributed by atoms with Crippen molar-refractivity contribution in [2.24, 2.45) is 0 Å². The van der Waals surface area contributed by atoms with Crippen LogP contribution in [0.25, 0.3) is 0 Å². The van der Waals surface area contributed by atoms with Gasteiger partial charge < -0.3 is 21.7 Å². The van der Waals surface area contributed by atoms with Gasteiger partial charge in [0.1, 0.15) is 0 Å². The lowest BCUT2D eigenvalue weighted by Gasteiger charge is -2.33. The highest BCUT2D eigenvalue weighted by Gasteiger charge is 2.18. The van der Waals surface area contributed by atoms with Crippen LogP contribution in [0.15, 0.2) is 6.20 Å². The summed E-state index contributed by atoms with van der Waals surface area (Å²) in [6.07, 6.45) is 1.69. The summed E-state index contributed by atoms with van der Waals surface area (Å²) in [6, 6.07) is 0.454. The molecule has 1 aliphatic heterocycles. The van der Waals surface area contributed by atoms with Crippen LogP contribution in [-0.4, -0.2) is 35.6 Å². The molecule has 2 heterocycles. The van der Waals surface area contributed by atoms with Gasteiger partial charge in [0.15, 0.2) is 5.82 Å². The van der Waals surface area contributed by atoms with Gasteiger partial charge >= 0.3 is 0 Å². The molecule has 0 bridgehead atoms. The first-order valence-corrected chi connectivity index (χ1v) is 5.03. The first-order chi connectivity index (χ1) is 7.16. The average Bonchev–Trinajstić information content (AvgIpc) is 2.17. The van der Waals surface area contributed by atoms with E-state index in [1.807, 2.05) is 0 Å². The maximum atomic E-state index is 5.80. The lowest BCUT2D eigenvalue weighted by molar-refractivity contribution is 0.484. The largest absolute Gasteiger partial charge is 0.382 e. The van der Waals surface area contributed by atoms with Crippen LogP contribution in [0.2, 0.25) is 0 Å². The van der Waals surface area contributed by atoms with Crippen LogP contribution < -0.4 is 21.7 Å². The lowest BCUT2D eigenvalue weighted by atomic mass is 10.2. The Morgan fingerprint density at radius 2 is 2.33 bits per heavy atom. The van der Waals surface area contributed by atoms with Crippen LogP contribution in [0.1, 0.15) is 6.92 Å². The number of rotatable bonds is 1. The van der Waals surface area contributed by atoms with Crippen molar-refractivity contribution in [2.45, 2.75) is 13.0 Å². The van der Waals surface area contributed by atoms with E-state index in [9.17, 15) is 0 Å². The van der Waals surface area contributed by atoms with Gasteiger partial charge in [-0.15, -0.1) is 0 Å². The average molecular weight is 208 g/mol. The van der Waals surface area contributed by atoms with Crippen molar-refractivity contribution in [1.82, 2.24) is 15.3 Å². The molecule has 1 fully saturated rings. The summed E-state index contributed by atoms with van der Waals surface area (Å²) in [7, 11) is 0.